The van der Waals surface area contributed by atoms with Crippen LogP contribution in [0.25, 0.3) is 0 Å². The highest BCUT2D eigenvalue weighted by atomic mass is 19.1. The number of hydrogen-bond donors (Lipinski definition) is 1. The van der Waals surface area contributed by atoms with Crippen LogP contribution in [-0.2, 0) is 4.79 Å². The van der Waals surface area contributed by atoms with Crippen molar-refractivity contribution in [1.29, 1.82) is 0 Å². The molecule has 1 amide bonds. The van der Waals surface area contributed by atoms with Gasteiger partial charge in [0.15, 0.2) is 0 Å². The maximum Gasteiger partial charge on any atom is 0.221 e. The Morgan fingerprint density at radius 1 is 1.73 bits per heavy atom. The monoisotopic (exact) mass is 152 g/mol. The van der Waals surface area contributed by atoms with Crippen LogP contribution in [0, 0.1) is 11.9 Å². The average Bonchev–Trinajstić information content (AvgIpc) is 1.93. The van der Waals surface area contributed by atoms with E-state index in [0.29, 0.717) is 0 Å². The van der Waals surface area contributed by atoms with E-state index in [0.717, 1.165) is 0 Å². The van der Waals surface area contributed by atoms with Gasteiger partial charge < -0.3 is 5.32 Å². The zero-order valence-corrected chi connectivity index (χ0v) is 6.02. The number of amides is 1. The second kappa shape index (κ2) is 3.14. The van der Waals surface area contributed by atoms with E-state index in [1.807, 2.05) is 0 Å². The van der Waals surface area contributed by atoms with Crippen molar-refractivity contribution >= 4 is 11.6 Å². The Bertz CT molecular complexity index is 273. The third-order valence-electron chi connectivity index (χ3n) is 1.12. The standard InChI is InChI=1S/C8H7FNO/c1-6(11)10-8-5-3-2-4-7(8)9/h3-5H,1H3,(H,10,11). The van der Waals surface area contributed by atoms with Crippen LogP contribution in [0.1, 0.15) is 6.92 Å². The summed E-state index contributed by atoms with van der Waals surface area (Å²) in [7, 11) is 0. The van der Waals surface area contributed by atoms with Gasteiger partial charge in [-0.2, -0.15) is 0 Å². The second-order valence-corrected chi connectivity index (χ2v) is 2.09. The summed E-state index contributed by atoms with van der Waals surface area (Å²) in [5.41, 5.74) is 0.191. The first-order valence-corrected chi connectivity index (χ1v) is 3.13. The molecular formula is C8H7FNO. The Balaban J connectivity index is 2.86. The quantitative estimate of drug-likeness (QED) is 0.650. The third-order valence-corrected chi connectivity index (χ3v) is 1.12. The fourth-order valence-corrected chi connectivity index (χ4v) is 0.701. The summed E-state index contributed by atoms with van der Waals surface area (Å²) in [5, 5.41) is 2.34. The minimum atomic E-state index is -0.470. The smallest absolute Gasteiger partial charge is 0.221 e. The molecule has 1 aromatic carbocycles. The fraction of sp³-hybridized carbons (Fsp3) is 0.125. The highest BCUT2D eigenvalue weighted by Crippen LogP contribution is 2.11. The Labute approximate surface area is 64.0 Å². The summed E-state index contributed by atoms with van der Waals surface area (Å²) in [6, 6.07) is 6.71. The van der Waals surface area contributed by atoms with Crippen LogP contribution in [0.4, 0.5) is 10.1 Å². The summed E-state index contributed by atoms with van der Waals surface area (Å²) in [6.45, 7) is 1.33. The summed E-state index contributed by atoms with van der Waals surface area (Å²) in [4.78, 5) is 10.5. The topological polar surface area (TPSA) is 29.1 Å². The van der Waals surface area contributed by atoms with E-state index in [1.54, 1.807) is 0 Å². The molecule has 1 aromatic rings. The van der Waals surface area contributed by atoms with Gasteiger partial charge in [-0.25, -0.2) is 4.39 Å². The minimum absolute atomic E-state index is 0.191. The average molecular weight is 152 g/mol. The molecule has 2 nitrogen and oxygen atoms in total. The molecule has 1 rings (SSSR count). The van der Waals surface area contributed by atoms with Crippen LogP contribution in [-0.4, -0.2) is 5.91 Å². The van der Waals surface area contributed by atoms with Gasteiger partial charge in [0.2, 0.25) is 5.91 Å². The number of anilines is 1. The molecule has 0 aliphatic carbocycles. The largest absolute Gasteiger partial charge is 0.324 e. The van der Waals surface area contributed by atoms with Crippen LogP contribution in [0.3, 0.4) is 0 Å². The van der Waals surface area contributed by atoms with E-state index in [9.17, 15) is 9.18 Å². The SMILES string of the molecule is CC(=O)Nc1cc[c]cc1F. The molecule has 1 radical (unpaired) electrons. The molecule has 0 saturated heterocycles. The van der Waals surface area contributed by atoms with Crippen LogP contribution in [0.5, 0.6) is 0 Å². The van der Waals surface area contributed by atoms with Crippen LogP contribution in [0.2, 0.25) is 0 Å². The predicted octanol–water partition coefficient (Wildman–Crippen LogP) is 1.58. The van der Waals surface area contributed by atoms with Gasteiger partial charge in [0, 0.05) is 6.92 Å². The molecule has 57 valence electrons. The fourth-order valence-electron chi connectivity index (χ4n) is 0.701. The van der Waals surface area contributed by atoms with Crippen LogP contribution in [0.15, 0.2) is 18.2 Å². The molecule has 0 bridgehead atoms. The maximum absolute atomic E-state index is 12.7. The first kappa shape index (κ1) is 7.72. The van der Waals surface area contributed by atoms with Crippen molar-refractivity contribution in [3.8, 4) is 0 Å². The predicted molar refractivity (Wildman–Crippen MR) is 39.5 cm³/mol. The number of carbonyl (C=O) groups is 1. The molecule has 0 aliphatic rings. The summed E-state index contributed by atoms with van der Waals surface area (Å²) in [5.74, 6) is -0.752. The van der Waals surface area contributed by atoms with Gasteiger partial charge in [-0.1, -0.05) is 6.07 Å². The highest BCUT2D eigenvalue weighted by molar-refractivity contribution is 5.88. The Morgan fingerprint density at radius 2 is 2.45 bits per heavy atom. The number of nitrogens with one attached hydrogen (secondary N) is 1. The van der Waals surface area contributed by atoms with Crippen molar-refractivity contribution in [2.75, 3.05) is 5.32 Å². The van der Waals surface area contributed by atoms with Gasteiger partial charge in [-0.05, 0) is 18.2 Å². The third kappa shape index (κ3) is 2.04. The van der Waals surface area contributed by atoms with Crippen molar-refractivity contribution in [2.24, 2.45) is 0 Å². The zero-order chi connectivity index (χ0) is 8.27. The first-order valence-electron chi connectivity index (χ1n) is 3.13. The van der Waals surface area contributed by atoms with Crippen LogP contribution >= 0.6 is 0 Å². The van der Waals surface area contributed by atoms with Crippen molar-refractivity contribution < 1.29 is 9.18 Å². The second-order valence-electron chi connectivity index (χ2n) is 2.09. The molecule has 3 heteroatoms. The van der Waals surface area contributed by atoms with E-state index < -0.39 is 5.82 Å². The number of halogens is 1. The maximum atomic E-state index is 12.7. The summed E-state index contributed by atoms with van der Waals surface area (Å²) < 4.78 is 12.7. The van der Waals surface area contributed by atoms with Gasteiger partial charge in [0.1, 0.15) is 5.82 Å². The lowest BCUT2D eigenvalue weighted by Gasteiger charge is -2.00. The molecule has 0 unspecified atom stereocenters. The lowest BCUT2D eigenvalue weighted by atomic mass is 10.3. The molecule has 0 aliphatic heterocycles. The molecule has 0 fully saturated rings. The number of hydrogen-bond acceptors (Lipinski definition) is 1. The highest BCUT2D eigenvalue weighted by Gasteiger charge is 1.99. The number of benzene rings is 1. The molecule has 0 heterocycles. The molecule has 0 atom stereocenters. The zero-order valence-electron chi connectivity index (χ0n) is 6.02. The number of rotatable bonds is 1. The Hall–Kier alpha value is -1.38. The molecule has 0 aromatic heterocycles. The van der Waals surface area contributed by atoms with Gasteiger partial charge in [-0.15, -0.1) is 0 Å². The van der Waals surface area contributed by atoms with E-state index in [2.05, 4.69) is 11.4 Å². The van der Waals surface area contributed by atoms with Crippen molar-refractivity contribution in [1.82, 2.24) is 0 Å². The first-order chi connectivity index (χ1) is 5.20. The molecule has 0 spiro atoms. The lowest BCUT2D eigenvalue weighted by molar-refractivity contribution is -0.114. The van der Waals surface area contributed by atoms with E-state index in [4.69, 9.17) is 0 Å². The van der Waals surface area contributed by atoms with E-state index in [-0.39, 0.29) is 11.6 Å². The minimum Gasteiger partial charge on any atom is -0.324 e. The van der Waals surface area contributed by atoms with Gasteiger partial charge in [0.25, 0.3) is 0 Å². The van der Waals surface area contributed by atoms with Gasteiger partial charge in [0.05, 0.1) is 5.69 Å². The van der Waals surface area contributed by atoms with Crippen molar-refractivity contribution in [2.45, 2.75) is 6.92 Å². The van der Waals surface area contributed by atoms with Crippen LogP contribution < -0.4 is 5.32 Å². The summed E-state index contributed by atoms with van der Waals surface area (Å²) >= 11 is 0. The van der Waals surface area contributed by atoms with E-state index in [1.165, 1.54) is 25.1 Å². The molecule has 0 saturated carbocycles. The normalized spacial score (nSPS) is 9.27. The molecule has 1 N–H and O–H groups in total. The summed E-state index contributed by atoms with van der Waals surface area (Å²) in [6.07, 6.45) is 0. The Kier molecular flexibility index (Phi) is 2.21. The van der Waals surface area contributed by atoms with Gasteiger partial charge >= 0.3 is 0 Å². The molecular weight excluding hydrogens is 145 g/mol. The Morgan fingerprint density at radius 3 is 3.00 bits per heavy atom. The lowest BCUT2D eigenvalue weighted by Crippen LogP contribution is -2.06. The molecule has 11 heavy (non-hydrogen) atoms. The number of carbonyl (C=O) groups excluding carboxylic acids is 1. The van der Waals surface area contributed by atoms with Crippen molar-refractivity contribution in [3.05, 3.63) is 30.1 Å². The van der Waals surface area contributed by atoms with Gasteiger partial charge in [-0.3, -0.25) is 4.79 Å². The van der Waals surface area contributed by atoms with Crippen molar-refractivity contribution in [3.63, 3.8) is 0 Å². The van der Waals surface area contributed by atoms with E-state index >= 15 is 0 Å².